The highest BCUT2D eigenvalue weighted by Crippen LogP contribution is 2.23. The van der Waals surface area contributed by atoms with E-state index in [1.807, 2.05) is 32.0 Å². The molecule has 0 unspecified atom stereocenters. The molecular formula is C15H14BrClN2O. The fourth-order valence-corrected chi connectivity index (χ4v) is 2.38. The van der Waals surface area contributed by atoms with Crippen molar-refractivity contribution in [2.45, 2.75) is 19.4 Å². The highest BCUT2D eigenvalue weighted by Gasteiger charge is 2.25. The Bertz CT molecular complexity index is 629. The number of benzene rings is 1. The molecule has 2 rings (SSSR count). The molecule has 3 nitrogen and oxygen atoms in total. The van der Waals surface area contributed by atoms with Crippen LogP contribution in [0, 0.1) is 0 Å². The maximum absolute atomic E-state index is 12.4. The molecule has 0 fully saturated rings. The summed E-state index contributed by atoms with van der Waals surface area (Å²) in [5.74, 6) is -0.230. The molecule has 0 saturated carbocycles. The Kier molecular flexibility index (Phi) is 4.45. The lowest BCUT2D eigenvalue weighted by molar-refractivity contribution is 0.0910. The molecule has 0 bridgehead atoms. The van der Waals surface area contributed by atoms with E-state index in [1.165, 1.54) is 0 Å². The second-order valence-electron chi connectivity index (χ2n) is 4.92. The molecule has 1 amide bonds. The van der Waals surface area contributed by atoms with Crippen molar-refractivity contribution in [1.82, 2.24) is 10.3 Å². The van der Waals surface area contributed by atoms with Crippen LogP contribution in [0.25, 0.3) is 0 Å². The Morgan fingerprint density at radius 1 is 1.30 bits per heavy atom. The molecule has 0 atom stereocenters. The molecule has 1 aromatic heterocycles. The molecule has 2 aromatic rings. The third-order valence-corrected chi connectivity index (χ3v) is 3.73. The van der Waals surface area contributed by atoms with Gasteiger partial charge in [-0.05, 0) is 44.2 Å². The van der Waals surface area contributed by atoms with Crippen molar-refractivity contribution < 1.29 is 4.79 Å². The average Bonchev–Trinajstić information content (AvgIpc) is 2.42. The number of carbonyl (C=O) groups is 1. The van der Waals surface area contributed by atoms with Gasteiger partial charge in [-0.3, -0.25) is 9.78 Å². The van der Waals surface area contributed by atoms with E-state index < -0.39 is 5.54 Å². The molecule has 0 spiro atoms. The molecule has 1 heterocycles. The van der Waals surface area contributed by atoms with Crippen molar-refractivity contribution in [3.8, 4) is 0 Å². The van der Waals surface area contributed by atoms with E-state index in [0.29, 0.717) is 10.6 Å². The van der Waals surface area contributed by atoms with Crippen LogP contribution in [0.15, 0.2) is 47.1 Å². The zero-order chi connectivity index (χ0) is 14.8. The van der Waals surface area contributed by atoms with Crippen LogP contribution in [0.4, 0.5) is 0 Å². The van der Waals surface area contributed by atoms with Gasteiger partial charge in [-0.2, -0.15) is 0 Å². The summed E-state index contributed by atoms with van der Waals surface area (Å²) in [4.78, 5) is 16.6. The van der Waals surface area contributed by atoms with E-state index in [4.69, 9.17) is 11.6 Å². The minimum atomic E-state index is -0.579. The molecule has 1 N–H and O–H groups in total. The summed E-state index contributed by atoms with van der Waals surface area (Å²) in [5.41, 5.74) is 0.647. The Labute approximate surface area is 131 Å². The number of pyridine rings is 1. The number of halogens is 2. The summed E-state index contributed by atoms with van der Waals surface area (Å²) in [5, 5.41) is 3.37. The molecule has 5 heteroatoms. The Morgan fingerprint density at radius 3 is 2.70 bits per heavy atom. The van der Waals surface area contributed by atoms with Crippen LogP contribution in [0.5, 0.6) is 0 Å². The van der Waals surface area contributed by atoms with E-state index in [0.717, 1.165) is 10.2 Å². The molecule has 0 radical (unpaired) electrons. The smallest absolute Gasteiger partial charge is 0.253 e. The van der Waals surface area contributed by atoms with Gasteiger partial charge in [0.15, 0.2) is 0 Å². The van der Waals surface area contributed by atoms with Gasteiger partial charge in [-0.25, -0.2) is 0 Å². The number of carbonyl (C=O) groups excluding carboxylic acids is 1. The van der Waals surface area contributed by atoms with Crippen LogP contribution in [-0.2, 0) is 5.54 Å². The number of nitrogens with zero attached hydrogens (tertiary/aromatic N) is 1. The van der Waals surface area contributed by atoms with Crippen LogP contribution < -0.4 is 5.32 Å². The predicted molar refractivity (Wildman–Crippen MR) is 83.9 cm³/mol. The first-order valence-corrected chi connectivity index (χ1v) is 7.26. The first-order chi connectivity index (χ1) is 9.40. The number of hydrogen-bond donors (Lipinski definition) is 1. The maximum Gasteiger partial charge on any atom is 0.253 e. The minimum absolute atomic E-state index is 0.230. The van der Waals surface area contributed by atoms with Crippen molar-refractivity contribution >= 4 is 33.4 Å². The van der Waals surface area contributed by atoms with E-state index in [1.54, 1.807) is 24.4 Å². The second-order valence-corrected chi connectivity index (χ2v) is 6.24. The molecule has 0 aliphatic carbocycles. The van der Waals surface area contributed by atoms with E-state index in [-0.39, 0.29) is 5.91 Å². The molecule has 0 saturated heterocycles. The quantitative estimate of drug-likeness (QED) is 0.900. The normalized spacial score (nSPS) is 11.2. The second kappa shape index (κ2) is 5.94. The van der Waals surface area contributed by atoms with Crippen LogP contribution in [0.1, 0.15) is 29.9 Å². The number of rotatable bonds is 3. The fraction of sp³-hybridized carbons (Fsp3) is 0.200. The Hall–Kier alpha value is -1.39. The average molecular weight is 354 g/mol. The molecule has 104 valence electrons. The predicted octanol–water partition coefficient (Wildman–Crippen LogP) is 4.16. The van der Waals surface area contributed by atoms with Crippen molar-refractivity contribution in [3.63, 3.8) is 0 Å². The van der Waals surface area contributed by atoms with Gasteiger partial charge in [0.25, 0.3) is 5.91 Å². The number of amides is 1. The van der Waals surface area contributed by atoms with Crippen molar-refractivity contribution in [1.29, 1.82) is 0 Å². The number of nitrogens with one attached hydrogen (secondary N) is 1. The zero-order valence-corrected chi connectivity index (χ0v) is 13.5. The minimum Gasteiger partial charge on any atom is -0.341 e. The Balaban J connectivity index is 2.25. The summed E-state index contributed by atoms with van der Waals surface area (Å²) in [6.45, 7) is 3.80. The van der Waals surface area contributed by atoms with Gasteiger partial charge in [0, 0.05) is 10.7 Å². The van der Waals surface area contributed by atoms with E-state index in [2.05, 4.69) is 26.2 Å². The Morgan fingerprint density at radius 2 is 2.05 bits per heavy atom. The summed E-state index contributed by atoms with van der Waals surface area (Å²) in [7, 11) is 0. The van der Waals surface area contributed by atoms with Crippen LogP contribution in [-0.4, -0.2) is 10.9 Å². The van der Waals surface area contributed by atoms with Gasteiger partial charge in [0.05, 0.1) is 21.8 Å². The monoisotopic (exact) mass is 352 g/mol. The van der Waals surface area contributed by atoms with Crippen molar-refractivity contribution in [2.24, 2.45) is 0 Å². The lowest BCUT2D eigenvalue weighted by Crippen LogP contribution is -2.41. The summed E-state index contributed by atoms with van der Waals surface area (Å²) in [6, 6.07) is 10.8. The van der Waals surface area contributed by atoms with E-state index in [9.17, 15) is 4.79 Å². The number of aromatic nitrogens is 1. The first kappa shape index (κ1) is 15.0. The summed E-state index contributed by atoms with van der Waals surface area (Å²) >= 11 is 9.41. The summed E-state index contributed by atoms with van der Waals surface area (Å²) in [6.07, 6.45) is 1.70. The maximum atomic E-state index is 12.4. The fourth-order valence-electron chi connectivity index (χ4n) is 1.82. The zero-order valence-electron chi connectivity index (χ0n) is 11.2. The highest BCUT2D eigenvalue weighted by molar-refractivity contribution is 9.10. The van der Waals surface area contributed by atoms with Crippen LogP contribution in [0.3, 0.4) is 0 Å². The van der Waals surface area contributed by atoms with Gasteiger partial charge >= 0.3 is 0 Å². The van der Waals surface area contributed by atoms with Gasteiger partial charge in [0.2, 0.25) is 0 Å². The standard InChI is InChI=1S/C15H14BrClN2O/c1-15(2,13-5-3-4-8-18-13)19-14(20)11-9-10(16)6-7-12(11)17/h3-9H,1-2H3,(H,19,20). The number of hydrogen-bond acceptors (Lipinski definition) is 2. The first-order valence-electron chi connectivity index (χ1n) is 6.09. The topological polar surface area (TPSA) is 42.0 Å². The third-order valence-electron chi connectivity index (χ3n) is 2.90. The van der Waals surface area contributed by atoms with Crippen molar-refractivity contribution in [3.05, 3.63) is 63.3 Å². The highest BCUT2D eigenvalue weighted by atomic mass is 79.9. The van der Waals surface area contributed by atoms with Gasteiger partial charge in [-0.1, -0.05) is 33.6 Å². The van der Waals surface area contributed by atoms with Crippen LogP contribution >= 0.6 is 27.5 Å². The molecule has 1 aromatic carbocycles. The summed E-state index contributed by atoms with van der Waals surface area (Å²) < 4.78 is 0.808. The van der Waals surface area contributed by atoms with Gasteiger partial charge < -0.3 is 5.32 Å². The van der Waals surface area contributed by atoms with Crippen molar-refractivity contribution in [2.75, 3.05) is 0 Å². The molecule has 0 aliphatic rings. The molecule has 0 aliphatic heterocycles. The van der Waals surface area contributed by atoms with Gasteiger partial charge in [-0.15, -0.1) is 0 Å². The molecule has 20 heavy (non-hydrogen) atoms. The van der Waals surface area contributed by atoms with Crippen LogP contribution in [0.2, 0.25) is 5.02 Å². The lowest BCUT2D eigenvalue weighted by Gasteiger charge is -2.26. The van der Waals surface area contributed by atoms with E-state index >= 15 is 0 Å². The largest absolute Gasteiger partial charge is 0.341 e. The SMILES string of the molecule is CC(C)(NC(=O)c1cc(Br)ccc1Cl)c1ccccn1. The third kappa shape index (κ3) is 3.38. The molecular weight excluding hydrogens is 340 g/mol. The van der Waals surface area contributed by atoms with Gasteiger partial charge in [0.1, 0.15) is 0 Å². The lowest BCUT2D eigenvalue weighted by atomic mass is 9.99.